The Morgan fingerprint density at radius 3 is 2.50 bits per heavy atom. The maximum atomic E-state index is 4.97. The number of halogens is 1. The molecule has 0 aromatic heterocycles. The normalized spacial score (nSPS) is 10.5. The Labute approximate surface area is 88.8 Å². The Morgan fingerprint density at radius 2 is 1.83 bits per heavy atom. The lowest BCUT2D eigenvalue weighted by atomic mass is 10.3. The second-order valence-electron chi connectivity index (χ2n) is 2.71. The van der Waals surface area contributed by atoms with E-state index in [-0.39, 0.29) is 0 Å². The fourth-order valence-corrected chi connectivity index (χ4v) is 2.21. The highest BCUT2D eigenvalue weighted by Crippen LogP contribution is 2.08. The van der Waals surface area contributed by atoms with Crippen molar-refractivity contribution < 1.29 is 4.74 Å². The van der Waals surface area contributed by atoms with Gasteiger partial charge in [-0.25, -0.2) is 0 Å². The monoisotopic (exact) mass is 254 g/mol. The van der Waals surface area contributed by atoms with Gasteiger partial charge in [0, 0.05) is 19.0 Å². The first kappa shape index (κ1) is 12.8. The molecule has 0 atom stereocenters. The van der Waals surface area contributed by atoms with Crippen LogP contribution in [0.2, 0.25) is 0 Å². The van der Waals surface area contributed by atoms with Crippen LogP contribution in [-0.4, -0.2) is 30.6 Å². The number of unbranched alkanes of at least 4 members (excludes halogenated alkanes) is 2. The summed E-state index contributed by atoms with van der Waals surface area (Å²) in [7, 11) is 1.76. The molecule has 0 aliphatic carbocycles. The molecule has 0 aliphatic rings. The van der Waals surface area contributed by atoms with Crippen LogP contribution in [0.3, 0.4) is 0 Å². The van der Waals surface area contributed by atoms with Crippen molar-refractivity contribution in [2.45, 2.75) is 25.7 Å². The van der Waals surface area contributed by atoms with Crippen LogP contribution in [0.15, 0.2) is 0 Å². The molecule has 0 aromatic carbocycles. The maximum Gasteiger partial charge on any atom is 0.0470 e. The molecular formula is C9H19BrOS. The van der Waals surface area contributed by atoms with Gasteiger partial charge in [0.1, 0.15) is 0 Å². The zero-order valence-corrected chi connectivity index (χ0v) is 10.3. The number of ether oxygens (including phenoxy) is 1. The van der Waals surface area contributed by atoms with Gasteiger partial charge >= 0.3 is 0 Å². The van der Waals surface area contributed by atoms with Crippen LogP contribution in [-0.2, 0) is 4.74 Å². The summed E-state index contributed by atoms with van der Waals surface area (Å²) in [6, 6.07) is 0. The highest BCUT2D eigenvalue weighted by atomic mass is 79.9. The van der Waals surface area contributed by atoms with Crippen LogP contribution in [0.4, 0.5) is 0 Å². The average Bonchev–Trinajstić information content (AvgIpc) is 2.10. The van der Waals surface area contributed by atoms with Crippen molar-refractivity contribution in [2.75, 3.05) is 30.6 Å². The zero-order chi connectivity index (χ0) is 9.07. The van der Waals surface area contributed by atoms with E-state index in [1.807, 2.05) is 11.8 Å². The summed E-state index contributed by atoms with van der Waals surface area (Å²) in [5, 5.41) is 1.15. The van der Waals surface area contributed by atoms with Gasteiger partial charge in [-0.2, -0.15) is 11.8 Å². The summed E-state index contributed by atoms with van der Waals surface area (Å²) in [5.41, 5.74) is 0. The van der Waals surface area contributed by atoms with Crippen molar-refractivity contribution in [1.29, 1.82) is 0 Å². The van der Waals surface area contributed by atoms with E-state index in [1.165, 1.54) is 37.2 Å². The second kappa shape index (κ2) is 11.8. The molecular weight excluding hydrogens is 236 g/mol. The van der Waals surface area contributed by atoms with Crippen molar-refractivity contribution in [3.05, 3.63) is 0 Å². The van der Waals surface area contributed by atoms with E-state index in [0.29, 0.717) is 0 Å². The van der Waals surface area contributed by atoms with E-state index in [2.05, 4.69) is 15.9 Å². The molecule has 0 amide bonds. The lowest BCUT2D eigenvalue weighted by Crippen LogP contribution is -1.91. The molecule has 0 spiro atoms. The predicted molar refractivity (Wildman–Crippen MR) is 61.5 cm³/mol. The van der Waals surface area contributed by atoms with E-state index >= 15 is 0 Å². The highest BCUT2D eigenvalue weighted by molar-refractivity contribution is 9.09. The van der Waals surface area contributed by atoms with Crippen molar-refractivity contribution in [3.63, 3.8) is 0 Å². The number of rotatable bonds is 9. The van der Waals surface area contributed by atoms with Gasteiger partial charge in [0.05, 0.1) is 0 Å². The summed E-state index contributed by atoms with van der Waals surface area (Å²) in [4.78, 5) is 0. The van der Waals surface area contributed by atoms with E-state index in [1.54, 1.807) is 7.11 Å². The Balaban J connectivity index is 2.73. The molecule has 0 fully saturated rings. The molecule has 1 nitrogen and oxygen atoms in total. The molecule has 0 N–H and O–H groups in total. The van der Waals surface area contributed by atoms with Gasteiger partial charge in [-0.1, -0.05) is 22.4 Å². The molecule has 0 saturated heterocycles. The second-order valence-corrected chi connectivity index (χ2v) is 4.73. The SMILES string of the molecule is COCCCSCCCCCBr. The molecule has 0 bridgehead atoms. The van der Waals surface area contributed by atoms with Crippen molar-refractivity contribution in [2.24, 2.45) is 0 Å². The Morgan fingerprint density at radius 1 is 1.08 bits per heavy atom. The van der Waals surface area contributed by atoms with Gasteiger partial charge in [0.15, 0.2) is 0 Å². The molecule has 0 heterocycles. The van der Waals surface area contributed by atoms with Crippen molar-refractivity contribution >= 4 is 27.7 Å². The lowest BCUT2D eigenvalue weighted by molar-refractivity contribution is 0.200. The summed E-state index contributed by atoms with van der Waals surface area (Å²) in [5.74, 6) is 2.57. The van der Waals surface area contributed by atoms with Crippen LogP contribution < -0.4 is 0 Å². The van der Waals surface area contributed by atoms with E-state index in [0.717, 1.165) is 11.9 Å². The third kappa shape index (κ3) is 10.8. The third-order valence-electron chi connectivity index (χ3n) is 1.56. The molecule has 0 saturated carbocycles. The predicted octanol–water partition coefficient (Wildman–Crippen LogP) is 3.32. The van der Waals surface area contributed by atoms with E-state index in [9.17, 15) is 0 Å². The van der Waals surface area contributed by atoms with Crippen molar-refractivity contribution in [3.8, 4) is 0 Å². The molecule has 74 valence electrons. The number of hydrogen-bond acceptors (Lipinski definition) is 2. The number of thioether (sulfide) groups is 1. The fourth-order valence-electron chi connectivity index (χ4n) is 0.883. The molecule has 0 rings (SSSR count). The van der Waals surface area contributed by atoms with Crippen LogP contribution in [0.5, 0.6) is 0 Å². The van der Waals surface area contributed by atoms with E-state index < -0.39 is 0 Å². The first-order valence-corrected chi connectivity index (χ1v) is 6.82. The lowest BCUT2D eigenvalue weighted by Gasteiger charge is -2.00. The Kier molecular flexibility index (Phi) is 12.6. The van der Waals surface area contributed by atoms with Crippen LogP contribution in [0, 0.1) is 0 Å². The van der Waals surface area contributed by atoms with Gasteiger partial charge in [-0.15, -0.1) is 0 Å². The molecule has 0 unspecified atom stereocenters. The number of methoxy groups -OCH3 is 1. The summed E-state index contributed by atoms with van der Waals surface area (Å²) < 4.78 is 4.97. The zero-order valence-electron chi connectivity index (χ0n) is 7.85. The average molecular weight is 255 g/mol. The molecule has 0 aliphatic heterocycles. The third-order valence-corrected chi connectivity index (χ3v) is 3.27. The number of alkyl halides is 1. The minimum Gasteiger partial charge on any atom is -0.385 e. The first-order valence-electron chi connectivity index (χ1n) is 4.54. The molecule has 0 radical (unpaired) electrons. The summed E-state index contributed by atoms with van der Waals surface area (Å²) in [6.45, 7) is 0.911. The topological polar surface area (TPSA) is 9.23 Å². The Hall–Kier alpha value is 0.790. The Bertz CT molecular complexity index is 70.9. The van der Waals surface area contributed by atoms with E-state index in [4.69, 9.17) is 4.74 Å². The first-order chi connectivity index (χ1) is 5.91. The highest BCUT2D eigenvalue weighted by Gasteiger charge is 1.90. The molecule has 0 aromatic rings. The minimum atomic E-state index is 0.911. The fraction of sp³-hybridized carbons (Fsp3) is 1.00. The van der Waals surface area contributed by atoms with Crippen LogP contribution in [0.25, 0.3) is 0 Å². The summed E-state index contributed by atoms with van der Waals surface area (Å²) in [6.07, 6.45) is 5.24. The van der Waals surface area contributed by atoms with Crippen LogP contribution >= 0.6 is 27.7 Å². The largest absolute Gasteiger partial charge is 0.385 e. The standard InChI is InChI=1S/C9H19BrOS/c1-11-7-5-9-12-8-4-2-3-6-10/h2-9H2,1H3. The van der Waals surface area contributed by atoms with Gasteiger partial charge in [-0.05, 0) is 30.8 Å². The number of hydrogen-bond donors (Lipinski definition) is 0. The molecule has 3 heteroatoms. The van der Waals surface area contributed by atoms with Crippen molar-refractivity contribution in [1.82, 2.24) is 0 Å². The quantitative estimate of drug-likeness (QED) is 0.461. The van der Waals surface area contributed by atoms with Crippen LogP contribution in [0.1, 0.15) is 25.7 Å². The molecule has 12 heavy (non-hydrogen) atoms. The summed E-state index contributed by atoms with van der Waals surface area (Å²) >= 11 is 5.48. The van der Waals surface area contributed by atoms with Gasteiger partial charge in [0.2, 0.25) is 0 Å². The van der Waals surface area contributed by atoms with Gasteiger partial charge < -0.3 is 4.74 Å². The maximum absolute atomic E-state index is 4.97. The van der Waals surface area contributed by atoms with Gasteiger partial charge in [-0.3, -0.25) is 0 Å². The minimum absolute atomic E-state index is 0.911. The van der Waals surface area contributed by atoms with Gasteiger partial charge in [0.25, 0.3) is 0 Å². The smallest absolute Gasteiger partial charge is 0.0470 e.